The number of aromatic nitrogens is 2. The van der Waals surface area contributed by atoms with Crippen LogP contribution in [0.1, 0.15) is 16.8 Å². The first-order valence-corrected chi connectivity index (χ1v) is 8.82. The van der Waals surface area contributed by atoms with Crippen LogP contribution in [0.4, 0.5) is 23.2 Å². The molecule has 0 saturated carbocycles. The van der Waals surface area contributed by atoms with Crippen LogP contribution in [0, 0.1) is 12.7 Å². The third-order valence-electron chi connectivity index (χ3n) is 4.64. The summed E-state index contributed by atoms with van der Waals surface area (Å²) in [5.41, 5.74) is 0.328. The number of nitrogens with one attached hydrogen (secondary N) is 1. The molecule has 1 amide bonds. The fourth-order valence-electron chi connectivity index (χ4n) is 3.31. The van der Waals surface area contributed by atoms with Crippen LogP contribution in [0.5, 0.6) is 5.75 Å². The first kappa shape index (κ1) is 19.9. The maximum absolute atomic E-state index is 13.5. The van der Waals surface area contributed by atoms with E-state index >= 15 is 0 Å². The lowest BCUT2D eigenvalue weighted by Crippen LogP contribution is -2.26. The lowest BCUT2D eigenvalue weighted by Gasteiger charge is -2.21. The Morgan fingerprint density at radius 3 is 2.67 bits per heavy atom. The van der Waals surface area contributed by atoms with Crippen molar-refractivity contribution in [3.8, 4) is 22.7 Å². The summed E-state index contributed by atoms with van der Waals surface area (Å²) in [7, 11) is 0. The summed E-state index contributed by atoms with van der Waals surface area (Å²) in [5, 5.41) is 16.0. The van der Waals surface area contributed by atoms with Crippen LogP contribution in [0.3, 0.4) is 0 Å². The van der Waals surface area contributed by atoms with E-state index < -0.39 is 30.2 Å². The number of carbonyl (C=O) groups excluding carboxylic acids is 1. The van der Waals surface area contributed by atoms with Gasteiger partial charge in [0.25, 0.3) is 5.91 Å². The number of fused-ring (bicyclic) bond motifs is 1. The molecule has 0 fully saturated rings. The highest BCUT2D eigenvalue weighted by Crippen LogP contribution is 2.39. The zero-order valence-electron chi connectivity index (χ0n) is 15.5. The molecule has 2 N–H and O–H groups in total. The number of amides is 1. The third kappa shape index (κ3) is 3.50. The van der Waals surface area contributed by atoms with Gasteiger partial charge in [0.15, 0.2) is 12.3 Å². The van der Waals surface area contributed by atoms with Crippen LogP contribution in [-0.4, -0.2) is 27.4 Å². The molecule has 4 rings (SSSR count). The van der Waals surface area contributed by atoms with Crippen molar-refractivity contribution in [2.75, 3.05) is 11.9 Å². The van der Waals surface area contributed by atoms with E-state index in [9.17, 15) is 27.5 Å². The fourth-order valence-corrected chi connectivity index (χ4v) is 3.31. The van der Waals surface area contributed by atoms with Crippen LogP contribution < -0.4 is 10.1 Å². The second-order valence-electron chi connectivity index (χ2n) is 6.76. The van der Waals surface area contributed by atoms with E-state index in [0.717, 1.165) is 16.8 Å². The van der Waals surface area contributed by atoms with E-state index in [1.165, 1.54) is 24.3 Å². The highest BCUT2D eigenvalue weighted by molar-refractivity contribution is 5.96. The molecule has 3 aromatic rings. The number of benzene rings is 2. The Kier molecular flexibility index (Phi) is 4.73. The van der Waals surface area contributed by atoms with Crippen molar-refractivity contribution in [3.05, 3.63) is 59.0 Å². The number of ether oxygens (including phenoxy) is 1. The summed E-state index contributed by atoms with van der Waals surface area (Å²) >= 11 is 0. The number of aryl methyl sites for hydroxylation is 1. The minimum atomic E-state index is -4.71. The molecule has 0 unspecified atom stereocenters. The van der Waals surface area contributed by atoms with E-state index in [1.54, 1.807) is 6.92 Å². The Bertz CT molecular complexity index is 1150. The van der Waals surface area contributed by atoms with Gasteiger partial charge in [-0.05, 0) is 48.9 Å². The van der Waals surface area contributed by atoms with Gasteiger partial charge in [-0.1, -0.05) is 0 Å². The quantitative estimate of drug-likeness (QED) is 0.631. The van der Waals surface area contributed by atoms with E-state index in [1.807, 2.05) is 0 Å². The van der Waals surface area contributed by atoms with E-state index in [0.29, 0.717) is 11.1 Å². The number of carbonyl (C=O) groups is 1. The summed E-state index contributed by atoms with van der Waals surface area (Å²) < 4.78 is 60.1. The smallest absolute Gasteiger partial charge is 0.435 e. The standard InChI is InChI=1S/C20H15F4N3O3/c1-10-4-13(21)2-3-15(10)27-16(7-17(26-27)20(22,23)24)11-5-12(8-28)19-14(6-11)25-18(29)9-30-19/h2-7,28H,8-9H2,1H3,(H,25,29). The number of anilines is 1. The van der Waals surface area contributed by atoms with Gasteiger partial charge in [-0.3, -0.25) is 4.79 Å². The van der Waals surface area contributed by atoms with Gasteiger partial charge in [-0.25, -0.2) is 9.07 Å². The maximum Gasteiger partial charge on any atom is 0.435 e. The molecule has 2 heterocycles. The number of hydrogen-bond donors (Lipinski definition) is 2. The number of nitrogens with zero attached hydrogens (tertiary/aromatic N) is 2. The second-order valence-corrected chi connectivity index (χ2v) is 6.76. The van der Waals surface area contributed by atoms with Gasteiger partial charge in [0.05, 0.1) is 23.7 Å². The Labute approximate surface area is 167 Å². The van der Waals surface area contributed by atoms with Gasteiger partial charge in [0.2, 0.25) is 0 Å². The largest absolute Gasteiger partial charge is 0.481 e. The van der Waals surface area contributed by atoms with Crippen LogP contribution >= 0.6 is 0 Å². The third-order valence-corrected chi connectivity index (χ3v) is 4.64. The van der Waals surface area contributed by atoms with Gasteiger partial charge < -0.3 is 15.2 Å². The van der Waals surface area contributed by atoms with Crippen molar-refractivity contribution in [2.45, 2.75) is 19.7 Å². The topological polar surface area (TPSA) is 76.4 Å². The normalized spacial score (nSPS) is 13.6. The first-order chi connectivity index (χ1) is 14.2. The molecule has 1 aliphatic heterocycles. The molecule has 1 aromatic heterocycles. The summed E-state index contributed by atoms with van der Waals surface area (Å²) in [6.07, 6.45) is -4.71. The molecule has 6 nitrogen and oxygen atoms in total. The summed E-state index contributed by atoms with van der Waals surface area (Å²) in [6, 6.07) is 7.41. The molecule has 0 atom stereocenters. The average Bonchev–Trinajstić information content (AvgIpc) is 3.12. The number of rotatable bonds is 3. The number of aliphatic hydroxyl groups is 1. The van der Waals surface area contributed by atoms with Gasteiger partial charge >= 0.3 is 6.18 Å². The van der Waals surface area contributed by atoms with Crippen molar-refractivity contribution in [1.82, 2.24) is 9.78 Å². The highest BCUT2D eigenvalue weighted by atomic mass is 19.4. The van der Waals surface area contributed by atoms with Gasteiger partial charge in [0, 0.05) is 11.1 Å². The maximum atomic E-state index is 13.5. The molecule has 2 aromatic carbocycles. The molecule has 0 aliphatic carbocycles. The SMILES string of the molecule is Cc1cc(F)ccc1-n1nc(C(F)(F)F)cc1-c1cc(CO)c2c(c1)NC(=O)CO2. The van der Waals surface area contributed by atoms with Crippen molar-refractivity contribution in [1.29, 1.82) is 0 Å². The Morgan fingerprint density at radius 2 is 2.00 bits per heavy atom. The zero-order valence-corrected chi connectivity index (χ0v) is 15.5. The molecule has 0 spiro atoms. The number of halogens is 4. The minimum absolute atomic E-state index is 0.0503. The molecule has 1 aliphatic rings. The summed E-state index contributed by atoms with van der Waals surface area (Å²) in [6.45, 7) is 0.864. The van der Waals surface area contributed by atoms with Crippen molar-refractivity contribution < 1.29 is 32.2 Å². The summed E-state index contributed by atoms with van der Waals surface area (Å²) in [5.74, 6) is -0.708. The molecular formula is C20H15F4N3O3. The van der Waals surface area contributed by atoms with Gasteiger partial charge in [0.1, 0.15) is 11.6 Å². The Morgan fingerprint density at radius 1 is 1.23 bits per heavy atom. The van der Waals surface area contributed by atoms with Crippen LogP contribution in [0.2, 0.25) is 0 Å². The van der Waals surface area contributed by atoms with Crippen LogP contribution in [-0.2, 0) is 17.6 Å². The molecule has 0 bridgehead atoms. The van der Waals surface area contributed by atoms with Gasteiger partial charge in [-0.2, -0.15) is 18.3 Å². The lowest BCUT2D eigenvalue weighted by atomic mass is 10.0. The highest BCUT2D eigenvalue weighted by Gasteiger charge is 2.36. The predicted molar refractivity (Wildman–Crippen MR) is 98.7 cm³/mol. The Hall–Kier alpha value is -3.40. The van der Waals surface area contributed by atoms with E-state index in [4.69, 9.17) is 4.74 Å². The van der Waals surface area contributed by atoms with Crippen LogP contribution in [0.25, 0.3) is 16.9 Å². The molecular weight excluding hydrogens is 406 g/mol. The van der Waals surface area contributed by atoms with Crippen molar-refractivity contribution in [3.63, 3.8) is 0 Å². The summed E-state index contributed by atoms with van der Waals surface area (Å²) in [4.78, 5) is 11.7. The number of hydrogen-bond acceptors (Lipinski definition) is 4. The van der Waals surface area contributed by atoms with Crippen molar-refractivity contribution in [2.24, 2.45) is 0 Å². The fraction of sp³-hybridized carbons (Fsp3) is 0.200. The number of alkyl halides is 3. The monoisotopic (exact) mass is 421 g/mol. The minimum Gasteiger partial charge on any atom is -0.481 e. The molecule has 0 radical (unpaired) electrons. The molecule has 0 saturated heterocycles. The molecule has 10 heteroatoms. The second kappa shape index (κ2) is 7.13. The Balaban J connectivity index is 1.95. The molecule has 30 heavy (non-hydrogen) atoms. The predicted octanol–water partition coefficient (Wildman–Crippen LogP) is 3.83. The lowest BCUT2D eigenvalue weighted by molar-refractivity contribution is -0.141. The van der Waals surface area contributed by atoms with Crippen molar-refractivity contribution >= 4 is 11.6 Å². The van der Waals surface area contributed by atoms with E-state index in [-0.39, 0.29) is 35.0 Å². The molecule has 156 valence electrons. The average molecular weight is 421 g/mol. The van der Waals surface area contributed by atoms with Gasteiger partial charge in [-0.15, -0.1) is 0 Å². The zero-order chi connectivity index (χ0) is 21.6. The van der Waals surface area contributed by atoms with E-state index in [2.05, 4.69) is 10.4 Å². The first-order valence-electron chi connectivity index (χ1n) is 8.82. The van der Waals surface area contributed by atoms with Crippen LogP contribution in [0.15, 0.2) is 36.4 Å². The number of aliphatic hydroxyl groups excluding tert-OH is 1.